The van der Waals surface area contributed by atoms with E-state index >= 15 is 0 Å². The molecule has 0 aromatic heterocycles. The average Bonchev–Trinajstić information content (AvgIpc) is 2.44. The molecule has 0 aliphatic carbocycles. The summed E-state index contributed by atoms with van der Waals surface area (Å²) in [5, 5.41) is 0. The predicted molar refractivity (Wildman–Crippen MR) is 94.6 cm³/mol. The van der Waals surface area contributed by atoms with E-state index in [1.165, 1.54) is 18.2 Å². The highest BCUT2D eigenvalue weighted by Gasteiger charge is 2.17. The lowest BCUT2D eigenvalue weighted by Gasteiger charge is -2.11. The van der Waals surface area contributed by atoms with Gasteiger partial charge in [-0.3, -0.25) is 0 Å². The highest BCUT2D eigenvalue weighted by Crippen LogP contribution is 2.20. The molecule has 0 saturated carbocycles. The van der Waals surface area contributed by atoms with Gasteiger partial charge in [-0.2, -0.15) is 4.99 Å². The van der Waals surface area contributed by atoms with Crippen molar-refractivity contribution in [3.8, 4) is 0 Å². The van der Waals surface area contributed by atoms with Crippen LogP contribution in [0.2, 0.25) is 0 Å². The van der Waals surface area contributed by atoms with Gasteiger partial charge in [0.15, 0.2) is 5.96 Å². The summed E-state index contributed by atoms with van der Waals surface area (Å²) in [6, 6.07) is 4.18. The Labute approximate surface area is 145 Å². The van der Waals surface area contributed by atoms with Gasteiger partial charge in [-0.05, 0) is 45.9 Å². The van der Waals surface area contributed by atoms with Gasteiger partial charge < -0.3 is 26.7 Å². The first-order valence-electron chi connectivity index (χ1n) is 7.59. The fraction of sp³-hybridized carbons (Fsp3) is 0.375. The Bertz CT molecular complexity index is 666. The summed E-state index contributed by atoms with van der Waals surface area (Å²) in [4.78, 5) is 31.9. The maximum atomic E-state index is 12.1. The molecular formula is C16H23N5O4. The lowest BCUT2D eigenvalue weighted by molar-refractivity contribution is 0.0377. The van der Waals surface area contributed by atoms with Gasteiger partial charge in [-0.1, -0.05) is 0 Å². The van der Waals surface area contributed by atoms with E-state index in [0.29, 0.717) is 0 Å². The van der Waals surface area contributed by atoms with Crippen molar-refractivity contribution in [3.63, 3.8) is 0 Å². The van der Waals surface area contributed by atoms with Crippen molar-refractivity contribution in [2.75, 3.05) is 0 Å². The van der Waals surface area contributed by atoms with Crippen LogP contribution in [0.5, 0.6) is 0 Å². The van der Waals surface area contributed by atoms with Crippen molar-refractivity contribution in [1.82, 2.24) is 0 Å². The van der Waals surface area contributed by atoms with Gasteiger partial charge in [0.2, 0.25) is 5.96 Å². The molecule has 0 saturated heterocycles. The molecule has 0 aliphatic rings. The SMILES string of the molecule is CC(C)OC(=O)c1cc(N=C(N)N=C(N)N)cc(C(=O)OC(C)C)c1. The van der Waals surface area contributed by atoms with E-state index in [1.807, 2.05) is 0 Å². The standard InChI is InChI=1S/C16H23N5O4/c1-8(2)24-13(22)10-5-11(14(23)25-9(3)4)7-12(6-10)20-16(19)21-15(17)18/h5-9H,1-4H3,(H6,17,18,19,20,21). The van der Waals surface area contributed by atoms with E-state index in [4.69, 9.17) is 26.7 Å². The molecule has 0 fully saturated rings. The van der Waals surface area contributed by atoms with E-state index < -0.39 is 11.9 Å². The van der Waals surface area contributed by atoms with Crippen molar-refractivity contribution in [2.45, 2.75) is 39.9 Å². The van der Waals surface area contributed by atoms with Crippen LogP contribution in [0.25, 0.3) is 0 Å². The van der Waals surface area contributed by atoms with E-state index in [-0.39, 0.29) is 40.9 Å². The van der Waals surface area contributed by atoms with Crippen LogP contribution in [-0.2, 0) is 9.47 Å². The Balaban J connectivity index is 3.34. The van der Waals surface area contributed by atoms with Crippen LogP contribution < -0.4 is 17.2 Å². The number of carbonyl (C=O) groups is 2. The van der Waals surface area contributed by atoms with Crippen molar-refractivity contribution in [1.29, 1.82) is 0 Å². The van der Waals surface area contributed by atoms with Crippen LogP contribution in [0, 0.1) is 0 Å². The molecule has 0 spiro atoms. The van der Waals surface area contributed by atoms with Crippen LogP contribution >= 0.6 is 0 Å². The van der Waals surface area contributed by atoms with E-state index in [2.05, 4.69) is 9.98 Å². The van der Waals surface area contributed by atoms with Gasteiger partial charge in [-0.25, -0.2) is 14.6 Å². The van der Waals surface area contributed by atoms with Crippen LogP contribution in [0.3, 0.4) is 0 Å². The number of nitrogens with zero attached hydrogens (tertiary/aromatic N) is 2. The summed E-state index contributed by atoms with van der Waals surface area (Å²) in [6.07, 6.45) is -0.644. The Morgan fingerprint density at radius 3 is 1.68 bits per heavy atom. The fourth-order valence-electron chi connectivity index (χ4n) is 1.77. The molecular weight excluding hydrogens is 326 g/mol. The Morgan fingerprint density at radius 2 is 1.32 bits per heavy atom. The van der Waals surface area contributed by atoms with Gasteiger partial charge in [0.25, 0.3) is 0 Å². The number of hydrogen-bond acceptors (Lipinski definition) is 5. The zero-order chi connectivity index (χ0) is 19.1. The first-order chi connectivity index (χ1) is 11.6. The quantitative estimate of drug-likeness (QED) is 0.407. The van der Waals surface area contributed by atoms with Crippen LogP contribution in [0.1, 0.15) is 48.4 Å². The first-order valence-corrected chi connectivity index (χ1v) is 7.59. The van der Waals surface area contributed by atoms with Crippen LogP contribution in [-0.4, -0.2) is 36.1 Å². The van der Waals surface area contributed by atoms with Gasteiger partial charge in [0.1, 0.15) is 0 Å². The van der Waals surface area contributed by atoms with Crippen molar-refractivity contribution >= 4 is 29.5 Å². The summed E-state index contributed by atoms with van der Waals surface area (Å²) in [5.74, 6) is -1.70. The van der Waals surface area contributed by atoms with Crippen LogP contribution in [0.15, 0.2) is 28.2 Å². The maximum absolute atomic E-state index is 12.1. The Morgan fingerprint density at radius 1 is 0.880 bits per heavy atom. The zero-order valence-electron chi connectivity index (χ0n) is 14.6. The number of hydrogen-bond donors (Lipinski definition) is 3. The molecule has 0 radical (unpaired) electrons. The molecule has 136 valence electrons. The summed E-state index contributed by atoms with van der Waals surface area (Å²) >= 11 is 0. The monoisotopic (exact) mass is 349 g/mol. The fourth-order valence-corrected chi connectivity index (χ4v) is 1.77. The lowest BCUT2D eigenvalue weighted by atomic mass is 10.1. The smallest absolute Gasteiger partial charge is 0.338 e. The molecule has 0 amide bonds. The first kappa shape index (κ1) is 19.9. The summed E-state index contributed by atoms with van der Waals surface area (Å²) in [6.45, 7) is 6.85. The molecule has 1 aromatic rings. The largest absolute Gasteiger partial charge is 0.459 e. The number of benzene rings is 1. The minimum Gasteiger partial charge on any atom is -0.459 e. The van der Waals surface area contributed by atoms with Gasteiger partial charge in [0, 0.05) is 0 Å². The molecule has 9 heteroatoms. The van der Waals surface area contributed by atoms with Gasteiger partial charge in [0.05, 0.1) is 29.0 Å². The van der Waals surface area contributed by atoms with Crippen molar-refractivity contribution in [2.24, 2.45) is 27.2 Å². The second-order valence-corrected chi connectivity index (χ2v) is 5.68. The predicted octanol–water partition coefficient (Wildman–Crippen LogP) is 1.04. The number of ether oxygens (including phenoxy) is 2. The third-order valence-electron chi connectivity index (χ3n) is 2.56. The number of esters is 2. The molecule has 6 N–H and O–H groups in total. The molecule has 0 atom stereocenters. The zero-order valence-corrected chi connectivity index (χ0v) is 14.6. The van der Waals surface area contributed by atoms with E-state index in [1.54, 1.807) is 27.7 Å². The van der Waals surface area contributed by atoms with Gasteiger partial charge >= 0.3 is 11.9 Å². The molecule has 0 unspecified atom stereocenters. The average molecular weight is 349 g/mol. The van der Waals surface area contributed by atoms with Gasteiger partial charge in [-0.15, -0.1) is 0 Å². The summed E-state index contributed by atoms with van der Waals surface area (Å²) < 4.78 is 10.3. The normalized spacial score (nSPS) is 11.4. The molecule has 25 heavy (non-hydrogen) atoms. The minimum atomic E-state index is -0.606. The third kappa shape index (κ3) is 6.90. The molecule has 0 aliphatic heterocycles. The number of guanidine groups is 2. The number of rotatable bonds is 5. The lowest BCUT2D eigenvalue weighted by Crippen LogP contribution is -2.26. The molecule has 0 bridgehead atoms. The number of nitrogens with two attached hydrogens (primary N) is 3. The molecule has 1 aromatic carbocycles. The highest BCUT2D eigenvalue weighted by atomic mass is 16.5. The highest BCUT2D eigenvalue weighted by molar-refractivity contribution is 5.98. The maximum Gasteiger partial charge on any atom is 0.338 e. The van der Waals surface area contributed by atoms with Crippen molar-refractivity contribution in [3.05, 3.63) is 29.3 Å². The second-order valence-electron chi connectivity index (χ2n) is 5.68. The number of aliphatic imine (C=N–C) groups is 2. The summed E-state index contributed by atoms with van der Waals surface area (Å²) in [5.41, 5.74) is 16.5. The van der Waals surface area contributed by atoms with E-state index in [0.717, 1.165) is 0 Å². The Hall–Kier alpha value is -3.10. The minimum absolute atomic E-state index is 0.128. The molecule has 1 rings (SSSR count). The molecule has 0 heterocycles. The second kappa shape index (κ2) is 8.67. The topological polar surface area (TPSA) is 155 Å². The van der Waals surface area contributed by atoms with Crippen molar-refractivity contribution < 1.29 is 19.1 Å². The molecule has 9 nitrogen and oxygen atoms in total. The van der Waals surface area contributed by atoms with Crippen LogP contribution in [0.4, 0.5) is 5.69 Å². The Kier molecular flexibility index (Phi) is 6.92. The third-order valence-corrected chi connectivity index (χ3v) is 2.56. The number of carbonyl (C=O) groups excluding carboxylic acids is 2. The van der Waals surface area contributed by atoms with E-state index in [9.17, 15) is 9.59 Å². The summed E-state index contributed by atoms with van der Waals surface area (Å²) in [7, 11) is 0.